The maximum absolute atomic E-state index is 12.2. The van der Waals surface area contributed by atoms with E-state index in [-0.39, 0.29) is 5.91 Å². The Morgan fingerprint density at radius 2 is 1.87 bits per heavy atom. The number of amides is 1. The van der Waals surface area contributed by atoms with E-state index in [1.165, 1.54) is 16.0 Å². The molecule has 1 atom stereocenters. The third-order valence-corrected chi connectivity index (χ3v) is 4.24. The lowest BCUT2D eigenvalue weighted by molar-refractivity contribution is -0.907. The molecule has 2 aromatic rings. The van der Waals surface area contributed by atoms with Gasteiger partial charge in [0.25, 0.3) is 5.91 Å². The van der Waals surface area contributed by atoms with Crippen molar-refractivity contribution in [3.05, 3.63) is 65.2 Å². The van der Waals surface area contributed by atoms with E-state index in [1.807, 2.05) is 24.3 Å². The highest BCUT2D eigenvalue weighted by molar-refractivity contribution is 5.91. The predicted molar refractivity (Wildman–Crippen MR) is 88.9 cm³/mol. The number of nitriles is 1. The highest BCUT2D eigenvalue weighted by atomic mass is 16.2. The van der Waals surface area contributed by atoms with Crippen molar-refractivity contribution in [3.63, 3.8) is 0 Å². The van der Waals surface area contributed by atoms with Gasteiger partial charge in [0.2, 0.25) is 0 Å². The lowest BCUT2D eigenvalue weighted by Gasteiger charge is -2.25. The summed E-state index contributed by atoms with van der Waals surface area (Å²) < 4.78 is 0. The van der Waals surface area contributed by atoms with Crippen molar-refractivity contribution in [2.24, 2.45) is 0 Å². The van der Waals surface area contributed by atoms with Crippen molar-refractivity contribution in [2.75, 3.05) is 18.4 Å². The Hall–Kier alpha value is -2.64. The van der Waals surface area contributed by atoms with Gasteiger partial charge in [0.1, 0.15) is 6.54 Å². The highest BCUT2D eigenvalue weighted by Gasteiger charge is 2.21. The molecule has 1 amide bonds. The highest BCUT2D eigenvalue weighted by Crippen LogP contribution is 2.11. The van der Waals surface area contributed by atoms with Gasteiger partial charge in [-0.15, -0.1) is 0 Å². The fraction of sp³-hybridized carbons (Fsp3) is 0.263. The number of carbonyl (C=O) groups excluding carboxylic acids is 1. The summed E-state index contributed by atoms with van der Waals surface area (Å²) >= 11 is 0. The summed E-state index contributed by atoms with van der Waals surface area (Å²) in [7, 11) is 0. The molecule has 1 heterocycles. The number of nitrogens with zero attached hydrogens (tertiary/aromatic N) is 1. The van der Waals surface area contributed by atoms with E-state index < -0.39 is 0 Å². The number of carbonyl (C=O) groups is 1. The second kappa shape index (κ2) is 7.08. The van der Waals surface area contributed by atoms with Crippen LogP contribution in [0.1, 0.15) is 16.7 Å². The monoisotopic (exact) mass is 306 g/mol. The fourth-order valence-corrected chi connectivity index (χ4v) is 3.02. The van der Waals surface area contributed by atoms with Crippen molar-refractivity contribution in [1.29, 1.82) is 5.26 Å². The van der Waals surface area contributed by atoms with Crippen molar-refractivity contribution in [3.8, 4) is 6.07 Å². The Balaban J connectivity index is 1.55. The van der Waals surface area contributed by atoms with Crippen LogP contribution in [0, 0.1) is 11.3 Å². The van der Waals surface area contributed by atoms with Gasteiger partial charge < -0.3 is 10.2 Å². The molecule has 0 saturated carbocycles. The summed E-state index contributed by atoms with van der Waals surface area (Å²) in [6, 6.07) is 18.0. The molecule has 1 aliphatic heterocycles. The molecule has 0 bridgehead atoms. The Kier molecular flexibility index (Phi) is 4.70. The molecule has 4 heteroatoms. The van der Waals surface area contributed by atoms with Gasteiger partial charge in [0.05, 0.1) is 19.0 Å². The molecule has 2 N–H and O–H groups in total. The average Bonchev–Trinajstić information content (AvgIpc) is 2.57. The van der Waals surface area contributed by atoms with Crippen molar-refractivity contribution in [1.82, 2.24) is 0 Å². The third kappa shape index (κ3) is 3.97. The van der Waals surface area contributed by atoms with Gasteiger partial charge in [-0.2, -0.15) is 5.26 Å². The van der Waals surface area contributed by atoms with Crippen LogP contribution in [0.3, 0.4) is 0 Å². The standard InChI is InChI=1S/C19H19N3O/c20-11-9-15-5-7-18(8-6-15)21-19(23)14-22-12-10-16-3-1-2-4-17(16)13-22/h1-8H,9-10,12-14H2,(H,21,23)/p+1. The van der Waals surface area contributed by atoms with Crippen LogP contribution >= 0.6 is 0 Å². The van der Waals surface area contributed by atoms with Crippen molar-refractivity contribution < 1.29 is 9.69 Å². The van der Waals surface area contributed by atoms with Crippen LogP contribution in [-0.2, 0) is 24.2 Å². The van der Waals surface area contributed by atoms with Crippen LogP contribution in [0.2, 0.25) is 0 Å². The number of rotatable bonds is 4. The number of hydrogen-bond donors (Lipinski definition) is 2. The molecular weight excluding hydrogens is 286 g/mol. The largest absolute Gasteiger partial charge is 0.323 e. The Labute approximate surface area is 136 Å². The second-order valence-electron chi connectivity index (χ2n) is 5.95. The van der Waals surface area contributed by atoms with Crippen LogP contribution in [-0.4, -0.2) is 19.0 Å². The predicted octanol–water partition coefficient (Wildman–Crippen LogP) is 1.33. The number of nitrogens with one attached hydrogen (secondary N) is 2. The molecule has 0 saturated heterocycles. The molecule has 2 aromatic carbocycles. The zero-order valence-electron chi connectivity index (χ0n) is 13.0. The normalized spacial score (nSPS) is 16.2. The smallest absolute Gasteiger partial charge is 0.279 e. The number of quaternary nitrogens is 1. The minimum atomic E-state index is 0.0346. The van der Waals surface area contributed by atoms with Gasteiger partial charge >= 0.3 is 0 Å². The second-order valence-corrected chi connectivity index (χ2v) is 5.95. The Bertz CT molecular complexity index is 731. The summed E-state index contributed by atoms with van der Waals surface area (Å²) in [5.41, 5.74) is 4.50. The van der Waals surface area contributed by atoms with Gasteiger partial charge in [0.15, 0.2) is 6.54 Å². The molecule has 3 rings (SSSR count). The summed E-state index contributed by atoms with van der Waals surface area (Å²) in [4.78, 5) is 13.5. The number of hydrogen-bond acceptors (Lipinski definition) is 2. The van der Waals surface area contributed by atoms with E-state index in [9.17, 15) is 4.79 Å². The molecule has 4 nitrogen and oxygen atoms in total. The topological polar surface area (TPSA) is 57.3 Å². The fourth-order valence-electron chi connectivity index (χ4n) is 3.02. The van der Waals surface area contributed by atoms with E-state index in [1.54, 1.807) is 0 Å². The molecule has 23 heavy (non-hydrogen) atoms. The summed E-state index contributed by atoms with van der Waals surface area (Å²) in [6.07, 6.45) is 1.42. The van der Waals surface area contributed by atoms with Crippen LogP contribution in [0.15, 0.2) is 48.5 Å². The van der Waals surface area contributed by atoms with Crippen LogP contribution in [0.25, 0.3) is 0 Å². The first-order chi connectivity index (χ1) is 11.2. The molecule has 0 fully saturated rings. The maximum atomic E-state index is 12.2. The minimum absolute atomic E-state index is 0.0346. The first-order valence-electron chi connectivity index (χ1n) is 7.90. The Morgan fingerprint density at radius 3 is 2.61 bits per heavy atom. The van der Waals surface area contributed by atoms with Crippen LogP contribution in [0.5, 0.6) is 0 Å². The van der Waals surface area contributed by atoms with Crippen molar-refractivity contribution >= 4 is 11.6 Å². The SMILES string of the molecule is N#CCc1ccc(NC(=O)C[NH+]2CCc3ccccc3C2)cc1. The van der Waals surface area contributed by atoms with Crippen LogP contribution in [0.4, 0.5) is 5.69 Å². The maximum Gasteiger partial charge on any atom is 0.279 e. The van der Waals surface area contributed by atoms with E-state index in [4.69, 9.17) is 5.26 Å². The molecule has 0 aromatic heterocycles. The first kappa shape index (κ1) is 15.3. The van der Waals surface area contributed by atoms with Gasteiger partial charge in [-0.25, -0.2) is 0 Å². The quantitative estimate of drug-likeness (QED) is 0.895. The number of benzene rings is 2. The lowest BCUT2D eigenvalue weighted by Crippen LogP contribution is -3.12. The molecular formula is C19H20N3O+. The van der Waals surface area contributed by atoms with E-state index >= 15 is 0 Å². The molecule has 0 spiro atoms. The number of anilines is 1. The average molecular weight is 306 g/mol. The third-order valence-electron chi connectivity index (χ3n) is 4.24. The van der Waals surface area contributed by atoms with Gasteiger partial charge in [-0.3, -0.25) is 4.79 Å². The van der Waals surface area contributed by atoms with Crippen LogP contribution < -0.4 is 10.2 Å². The molecule has 0 radical (unpaired) electrons. The van der Waals surface area contributed by atoms with E-state index in [0.717, 1.165) is 30.8 Å². The first-order valence-corrected chi connectivity index (χ1v) is 7.90. The molecule has 116 valence electrons. The molecule has 0 aliphatic carbocycles. The zero-order chi connectivity index (χ0) is 16.1. The Morgan fingerprint density at radius 1 is 1.13 bits per heavy atom. The zero-order valence-corrected chi connectivity index (χ0v) is 13.0. The van der Waals surface area contributed by atoms with Gasteiger partial charge in [0, 0.05) is 17.7 Å². The number of fused-ring (bicyclic) bond motifs is 1. The van der Waals surface area contributed by atoms with E-state index in [0.29, 0.717) is 13.0 Å². The molecule has 1 aliphatic rings. The molecule has 1 unspecified atom stereocenters. The van der Waals surface area contributed by atoms with E-state index in [2.05, 4.69) is 35.7 Å². The van der Waals surface area contributed by atoms with Gasteiger partial charge in [-0.05, 0) is 23.3 Å². The lowest BCUT2D eigenvalue weighted by atomic mass is 10.00. The summed E-state index contributed by atoms with van der Waals surface area (Å²) in [5.74, 6) is 0.0346. The van der Waals surface area contributed by atoms with Gasteiger partial charge in [-0.1, -0.05) is 36.4 Å². The summed E-state index contributed by atoms with van der Waals surface area (Å²) in [6.45, 7) is 2.38. The van der Waals surface area contributed by atoms with Crippen molar-refractivity contribution in [2.45, 2.75) is 19.4 Å². The minimum Gasteiger partial charge on any atom is -0.323 e. The summed E-state index contributed by atoms with van der Waals surface area (Å²) in [5, 5.41) is 11.6.